The van der Waals surface area contributed by atoms with Crippen molar-refractivity contribution in [3.8, 4) is 0 Å². The molecule has 8 heteroatoms. The maximum Gasteiger partial charge on any atom is 0.144 e. The zero-order chi connectivity index (χ0) is 25.9. The first kappa shape index (κ1) is 25.6. The minimum Gasteiger partial charge on any atom is -0.358 e. The Labute approximate surface area is 228 Å². The van der Waals surface area contributed by atoms with E-state index in [0.717, 1.165) is 68.8 Å². The normalized spacial score (nSPS) is 21.8. The van der Waals surface area contributed by atoms with Gasteiger partial charge in [-0.05, 0) is 55.4 Å². The van der Waals surface area contributed by atoms with Crippen molar-refractivity contribution < 1.29 is 4.79 Å². The first-order valence-corrected chi connectivity index (χ1v) is 13.6. The van der Waals surface area contributed by atoms with Crippen LogP contribution in [0.1, 0.15) is 43.7 Å². The van der Waals surface area contributed by atoms with E-state index in [1.807, 2.05) is 42.5 Å². The Hall–Kier alpha value is -3.09. The molecule has 3 heterocycles. The maximum atomic E-state index is 11.9. The molecule has 0 saturated carbocycles. The third-order valence-corrected chi connectivity index (χ3v) is 7.96. The van der Waals surface area contributed by atoms with Gasteiger partial charge in [-0.2, -0.15) is 0 Å². The predicted molar refractivity (Wildman–Crippen MR) is 151 cm³/mol. The van der Waals surface area contributed by atoms with Gasteiger partial charge in [-0.15, -0.1) is 0 Å². The molecular formula is C29H31Cl2N5O. The highest BCUT2D eigenvalue weighted by Crippen LogP contribution is 2.31. The SMILES string of the molecule is CC1CCN(C2=CC(N3CCCC3C=O)=N/C(=C(/C(=N)c3ccccc3Cl)c3ccc(Cl)cc3)N2)CC1. The summed E-state index contributed by atoms with van der Waals surface area (Å²) in [6, 6.07) is 14.6. The van der Waals surface area contributed by atoms with Crippen LogP contribution in [0.4, 0.5) is 0 Å². The summed E-state index contributed by atoms with van der Waals surface area (Å²) in [6.07, 6.45) is 7.07. The number of allylic oxidation sites excluding steroid dienone is 1. The molecule has 0 aliphatic carbocycles. The Morgan fingerprint density at radius 3 is 2.49 bits per heavy atom. The summed E-state index contributed by atoms with van der Waals surface area (Å²) >= 11 is 12.8. The van der Waals surface area contributed by atoms with Crippen LogP contribution >= 0.6 is 23.2 Å². The zero-order valence-electron chi connectivity index (χ0n) is 20.9. The number of hydrogen-bond donors (Lipinski definition) is 2. The Kier molecular flexibility index (Phi) is 7.68. The summed E-state index contributed by atoms with van der Waals surface area (Å²) in [5.41, 5.74) is 2.32. The molecule has 1 atom stereocenters. The van der Waals surface area contributed by atoms with Gasteiger partial charge in [-0.3, -0.25) is 5.41 Å². The number of aldehydes is 1. The van der Waals surface area contributed by atoms with Crippen molar-refractivity contribution >= 4 is 46.6 Å². The molecule has 0 radical (unpaired) electrons. The molecule has 3 aliphatic heterocycles. The van der Waals surface area contributed by atoms with Gasteiger partial charge in [0.2, 0.25) is 0 Å². The van der Waals surface area contributed by atoms with Crippen molar-refractivity contribution in [2.45, 2.75) is 38.6 Å². The molecule has 0 spiro atoms. The minimum atomic E-state index is -0.195. The first-order chi connectivity index (χ1) is 17.9. The molecule has 0 bridgehead atoms. The average molecular weight is 537 g/mol. The third kappa shape index (κ3) is 5.46. The summed E-state index contributed by atoms with van der Waals surface area (Å²) in [7, 11) is 0. The van der Waals surface area contributed by atoms with Crippen LogP contribution in [0.3, 0.4) is 0 Å². The lowest BCUT2D eigenvalue weighted by Crippen LogP contribution is -2.43. The fourth-order valence-electron chi connectivity index (χ4n) is 5.17. The molecule has 2 saturated heterocycles. The van der Waals surface area contributed by atoms with Gasteiger partial charge in [0, 0.05) is 41.3 Å². The topological polar surface area (TPSA) is 71.8 Å². The van der Waals surface area contributed by atoms with Gasteiger partial charge in [0.15, 0.2) is 0 Å². The number of hydrogen-bond acceptors (Lipinski definition) is 6. The van der Waals surface area contributed by atoms with Crippen LogP contribution in [0.15, 0.2) is 71.2 Å². The van der Waals surface area contributed by atoms with Gasteiger partial charge in [-0.25, -0.2) is 4.99 Å². The summed E-state index contributed by atoms with van der Waals surface area (Å²) in [4.78, 5) is 21.3. The van der Waals surface area contributed by atoms with E-state index < -0.39 is 0 Å². The van der Waals surface area contributed by atoms with Crippen LogP contribution in [-0.4, -0.2) is 53.3 Å². The molecule has 2 fully saturated rings. The molecule has 2 aromatic carbocycles. The molecule has 6 nitrogen and oxygen atoms in total. The Morgan fingerprint density at radius 2 is 1.78 bits per heavy atom. The lowest BCUT2D eigenvalue weighted by Gasteiger charge is -2.37. The number of carbonyl (C=O) groups is 1. The van der Waals surface area contributed by atoms with E-state index in [4.69, 9.17) is 28.2 Å². The second kappa shape index (κ2) is 11.1. The summed E-state index contributed by atoms with van der Waals surface area (Å²) in [5.74, 6) is 2.95. The number of benzene rings is 2. The molecule has 3 aliphatic rings. The lowest BCUT2D eigenvalue weighted by atomic mass is 9.95. The number of amidine groups is 1. The fraction of sp³-hybridized carbons (Fsp3) is 0.345. The van der Waals surface area contributed by atoms with Crippen molar-refractivity contribution in [3.05, 3.63) is 87.4 Å². The van der Waals surface area contributed by atoms with Gasteiger partial charge in [-0.1, -0.05) is 60.5 Å². The van der Waals surface area contributed by atoms with E-state index >= 15 is 0 Å². The summed E-state index contributed by atoms with van der Waals surface area (Å²) < 4.78 is 0. The quantitative estimate of drug-likeness (QED) is 0.365. The van der Waals surface area contributed by atoms with Gasteiger partial charge in [0.25, 0.3) is 0 Å². The van der Waals surface area contributed by atoms with Gasteiger partial charge < -0.3 is 19.9 Å². The van der Waals surface area contributed by atoms with E-state index in [9.17, 15) is 10.2 Å². The summed E-state index contributed by atoms with van der Waals surface area (Å²) in [6.45, 7) is 4.95. The second-order valence-electron chi connectivity index (χ2n) is 9.92. The van der Waals surface area contributed by atoms with E-state index in [0.29, 0.717) is 32.9 Å². The number of piperidine rings is 1. The lowest BCUT2D eigenvalue weighted by molar-refractivity contribution is -0.110. The van der Waals surface area contributed by atoms with Crippen molar-refractivity contribution in [2.75, 3.05) is 19.6 Å². The number of likely N-dealkylation sites (tertiary alicyclic amines) is 2. The van der Waals surface area contributed by atoms with Gasteiger partial charge in [0.05, 0.1) is 17.3 Å². The molecule has 1 unspecified atom stereocenters. The molecule has 37 heavy (non-hydrogen) atoms. The van der Waals surface area contributed by atoms with Gasteiger partial charge >= 0.3 is 0 Å². The van der Waals surface area contributed by atoms with E-state index in [-0.39, 0.29) is 11.8 Å². The second-order valence-corrected chi connectivity index (χ2v) is 10.8. The monoisotopic (exact) mass is 535 g/mol. The number of aliphatic imine (C=N–C) groups is 1. The molecule has 0 aromatic heterocycles. The van der Waals surface area contributed by atoms with Crippen LogP contribution < -0.4 is 5.32 Å². The highest BCUT2D eigenvalue weighted by atomic mass is 35.5. The van der Waals surface area contributed by atoms with Crippen LogP contribution in [0.5, 0.6) is 0 Å². The molecule has 2 N–H and O–H groups in total. The third-order valence-electron chi connectivity index (χ3n) is 7.38. The summed E-state index contributed by atoms with van der Waals surface area (Å²) in [5, 5.41) is 13.9. The molecule has 192 valence electrons. The number of rotatable bonds is 5. The Balaban J connectivity index is 1.66. The molecular weight excluding hydrogens is 505 g/mol. The Morgan fingerprint density at radius 1 is 1.05 bits per heavy atom. The number of halogens is 2. The fourth-order valence-corrected chi connectivity index (χ4v) is 5.53. The molecule has 5 rings (SSSR count). The van der Waals surface area contributed by atoms with Crippen LogP contribution in [0, 0.1) is 11.3 Å². The van der Waals surface area contributed by atoms with Crippen LogP contribution in [-0.2, 0) is 4.79 Å². The minimum absolute atomic E-state index is 0.195. The van der Waals surface area contributed by atoms with Crippen molar-refractivity contribution in [2.24, 2.45) is 10.9 Å². The van der Waals surface area contributed by atoms with E-state index in [1.165, 1.54) is 0 Å². The zero-order valence-corrected chi connectivity index (χ0v) is 22.4. The highest BCUT2D eigenvalue weighted by molar-refractivity contribution is 6.40. The maximum absolute atomic E-state index is 11.9. The van der Waals surface area contributed by atoms with Crippen molar-refractivity contribution in [3.63, 3.8) is 0 Å². The van der Waals surface area contributed by atoms with Crippen molar-refractivity contribution in [1.82, 2.24) is 15.1 Å². The van der Waals surface area contributed by atoms with Gasteiger partial charge in [0.1, 0.15) is 23.8 Å². The smallest absolute Gasteiger partial charge is 0.144 e. The number of nitrogens with one attached hydrogen (secondary N) is 2. The standard InChI is InChI=1S/C29H31Cl2N5O/c1-19-12-15-35(16-13-19)25-17-26(36-14-4-5-22(36)18-37)34-29(33-25)27(20-8-10-21(30)11-9-20)28(32)23-6-2-3-7-24(23)31/h2-3,6-11,17-19,22,32-33H,4-5,12-16H2,1H3/b29-27+,32-28?. The van der Waals surface area contributed by atoms with Crippen LogP contribution in [0.25, 0.3) is 5.57 Å². The first-order valence-electron chi connectivity index (χ1n) is 12.8. The van der Waals surface area contributed by atoms with E-state index in [1.54, 1.807) is 6.07 Å². The highest BCUT2D eigenvalue weighted by Gasteiger charge is 2.31. The largest absolute Gasteiger partial charge is 0.358 e. The van der Waals surface area contributed by atoms with Crippen molar-refractivity contribution in [1.29, 1.82) is 5.41 Å². The molecule has 0 amide bonds. The number of carbonyl (C=O) groups excluding carboxylic acids is 1. The molecule has 2 aromatic rings. The van der Waals surface area contributed by atoms with E-state index in [2.05, 4.69) is 28.1 Å². The predicted octanol–water partition coefficient (Wildman–Crippen LogP) is 5.97. The number of nitrogens with zero attached hydrogens (tertiary/aromatic N) is 3. The Bertz CT molecular complexity index is 1280. The van der Waals surface area contributed by atoms with Crippen LogP contribution in [0.2, 0.25) is 10.0 Å². The average Bonchev–Trinajstić information content (AvgIpc) is 3.40.